The molecule has 1 aliphatic heterocycles. The molecular formula is C33H38N2O4. The largest absolute Gasteiger partial charge is 0.508 e. The third-order valence-electron chi connectivity index (χ3n) is 9.49. The summed E-state index contributed by atoms with van der Waals surface area (Å²) < 4.78 is 6.37. The van der Waals surface area contributed by atoms with Crippen LogP contribution in [0.3, 0.4) is 0 Å². The monoisotopic (exact) mass is 526 g/mol. The first kappa shape index (κ1) is 25.9. The van der Waals surface area contributed by atoms with Gasteiger partial charge in [0.1, 0.15) is 11.4 Å². The number of esters is 1. The summed E-state index contributed by atoms with van der Waals surface area (Å²) in [5.41, 5.74) is 0.464. The molecular weight excluding hydrogens is 488 g/mol. The third-order valence-corrected chi connectivity index (χ3v) is 9.49. The van der Waals surface area contributed by atoms with Crippen molar-refractivity contribution in [3.05, 3.63) is 77.9 Å². The highest BCUT2D eigenvalue weighted by Crippen LogP contribution is 2.55. The Labute approximate surface area is 230 Å². The van der Waals surface area contributed by atoms with E-state index in [1.54, 1.807) is 6.07 Å². The van der Waals surface area contributed by atoms with E-state index in [-0.39, 0.29) is 23.7 Å². The van der Waals surface area contributed by atoms with E-state index in [4.69, 9.17) is 4.74 Å². The van der Waals surface area contributed by atoms with E-state index >= 15 is 0 Å². The Morgan fingerprint density at radius 1 is 1.00 bits per heavy atom. The van der Waals surface area contributed by atoms with Gasteiger partial charge in [0.05, 0.1) is 0 Å². The molecule has 1 saturated heterocycles. The molecule has 1 heterocycles. The lowest BCUT2D eigenvalue weighted by atomic mass is 9.55. The Balaban J connectivity index is 1.35. The lowest BCUT2D eigenvalue weighted by Crippen LogP contribution is -2.68. The number of benzene rings is 3. The first-order valence-corrected chi connectivity index (χ1v) is 14.3. The molecule has 3 aromatic carbocycles. The zero-order chi connectivity index (χ0) is 27.2. The molecule has 3 aliphatic rings. The molecule has 6 heteroatoms. The Bertz CT molecular complexity index is 1400. The summed E-state index contributed by atoms with van der Waals surface area (Å²) in [4.78, 5) is 30.7. The second-order valence-corrected chi connectivity index (χ2v) is 12.0. The highest BCUT2D eigenvalue weighted by molar-refractivity contribution is 5.98. The summed E-state index contributed by atoms with van der Waals surface area (Å²) in [7, 11) is 1.90. The number of rotatable bonds is 6. The van der Waals surface area contributed by atoms with E-state index in [0.29, 0.717) is 24.9 Å². The molecule has 6 rings (SSSR count). The van der Waals surface area contributed by atoms with Crippen LogP contribution in [0.1, 0.15) is 61.4 Å². The van der Waals surface area contributed by atoms with Crippen molar-refractivity contribution in [3.8, 4) is 5.75 Å². The normalized spacial score (nSPS) is 27.1. The summed E-state index contributed by atoms with van der Waals surface area (Å²) >= 11 is 0. The predicted octanol–water partition coefficient (Wildman–Crippen LogP) is 5.53. The van der Waals surface area contributed by atoms with Crippen molar-refractivity contribution >= 4 is 22.6 Å². The number of amides is 1. The number of phenolic OH excluding ortho intramolecular Hbond substituents is 1. The van der Waals surface area contributed by atoms with Crippen LogP contribution in [0.4, 0.5) is 0 Å². The predicted molar refractivity (Wildman–Crippen MR) is 152 cm³/mol. The summed E-state index contributed by atoms with van der Waals surface area (Å²) in [6.45, 7) is 4.14. The average molecular weight is 527 g/mol. The molecule has 2 saturated carbocycles. The molecule has 0 radical (unpaired) electrons. The van der Waals surface area contributed by atoms with Crippen LogP contribution in [0.2, 0.25) is 0 Å². The van der Waals surface area contributed by atoms with Gasteiger partial charge in [-0.05, 0) is 91.6 Å². The Kier molecular flexibility index (Phi) is 6.62. The maximum atomic E-state index is 13.8. The Morgan fingerprint density at radius 2 is 1.79 bits per heavy atom. The van der Waals surface area contributed by atoms with Gasteiger partial charge in [0.15, 0.2) is 0 Å². The number of nitrogens with zero attached hydrogens (tertiary/aromatic N) is 2. The first-order valence-electron chi connectivity index (χ1n) is 14.3. The van der Waals surface area contributed by atoms with E-state index in [2.05, 4.69) is 17.0 Å². The number of carbonyl (C=O) groups is 2. The fraction of sp³-hybridized carbons (Fsp3) is 0.455. The Morgan fingerprint density at radius 3 is 2.54 bits per heavy atom. The van der Waals surface area contributed by atoms with Gasteiger partial charge in [0.25, 0.3) is 5.91 Å². The third kappa shape index (κ3) is 4.80. The molecule has 0 spiro atoms. The van der Waals surface area contributed by atoms with E-state index in [0.717, 1.165) is 48.2 Å². The van der Waals surface area contributed by atoms with E-state index in [1.807, 2.05) is 60.5 Å². The van der Waals surface area contributed by atoms with Gasteiger partial charge < -0.3 is 14.7 Å². The van der Waals surface area contributed by atoms with Gasteiger partial charge in [-0.15, -0.1) is 0 Å². The first-order chi connectivity index (χ1) is 18.8. The highest BCUT2D eigenvalue weighted by atomic mass is 16.6. The molecule has 0 unspecified atom stereocenters. The van der Waals surface area contributed by atoms with Crippen LogP contribution < -0.4 is 0 Å². The number of hydrogen-bond acceptors (Lipinski definition) is 5. The van der Waals surface area contributed by atoms with Crippen LogP contribution in [0, 0.1) is 5.92 Å². The van der Waals surface area contributed by atoms with Crippen LogP contribution in [0.25, 0.3) is 10.8 Å². The molecule has 1 amide bonds. The van der Waals surface area contributed by atoms with Crippen LogP contribution in [0.5, 0.6) is 5.75 Å². The lowest BCUT2D eigenvalue weighted by molar-refractivity contribution is -0.188. The minimum Gasteiger partial charge on any atom is -0.508 e. The number of fused-ring (bicyclic) bond motifs is 2. The van der Waals surface area contributed by atoms with E-state index < -0.39 is 11.0 Å². The second-order valence-electron chi connectivity index (χ2n) is 12.0. The second kappa shape index (κ2) is 9.98. The number of carbonyl (C=O) groups excluding carboxylic acids is 2. The Hall–Kier alpha value is -3.38. The number of hydrogen-bond donors (Lipinski definition) is 1. The van der Waals surface area contributed by atoms with E-state index in [9.17, 15) is 14.7 Å². The van der Waals surface area contributed by atoms with Gasteiger partial charge >= 0.3 is 5.97 Å². The molecule has 6 nitrogen and oxygen atoms in total. The molecule has 3 fully saturated rings. The van der Waals surface area contributed by atoms with Gasteiger partial charge in [-0.2, -0.15) is 0 Å². The minimum atomic E-state index is -0.705. The lowest BCUT2D eigenvalue weighted by Gasteiger charge is -2.60. The SMILES string of the molecule is CC(=O)O[C@]12CC[C@H](N(C)C(=O)c3ccc4ccccc4c3)C[C@]1(c1cccc(O)c1)CCN(CC1CC1)C2. The molecule has 2 aliphatic carbocycles. The minimum absolute atomic E-state index is 0.00275. The molecule has 3 atom stereocenters. The number of ether oxygens (including phenoxy) is 1. The van der Waals surface area contributed by atoms with Gasteiger partial charge in [-0.25, -0.2) is 0 Å². The van der Waals surface area contributed by atoms with Crippen LogP contribution in [0.15, 0.2) is 66.7 Å². The fourth-order valence-corrected chi connectivity index (χ4v) is 7.31. The molecule has 39 heavy (non-hydrogen) atoms. The molecule has 0 bridgehead atoms. The summed E-state index contributed by atoms with van der Waals surface area (Å²) in [5.74, 6) is 0.686. The van der Waals surface area contributed by atoms with E-state index in [1.165, 1.54) is 19.8 Å². The molecule has 3 aromatic rings. The van der Waals surface area contributed by atoms with Gasteiger partial charge in [-0.3, -0.25) is 14.5 Å². The number of piperidine rings is 1. The fourth-order valence-electron chi connectivity index (χ4n) is 7.31. The average Bonchev–Trinajstić information content (AvgIpc) is 3.75. The van der Waals surface area contributed by atoms with Crippen LogP contribution in [-0.2, 0) is 14.9 Å². The van der Waals surface area contributed by atoms with Gasteiger partial charge in [0, 0.05) is 44.1 Å². The van der Waals surface area contributed by atoms with Crippen molar-refractivity contribution in [2.75, 3.05) is 26.7 Å². The van der Waals surface area contributed by atoms with Crippen molar-refractivity contribution in [1.82, 2.24) is 9.80 Å². The van der Waals surface area contributed by atoms with Gasteiger partial charge in [-0.1, -0.05) is 42.5 Å². The van der Waals surface area contributed by atoms with Crippen molar-refractivity contribution in [3.63, 3.8) is 0 Å². The standard InChI is InChI=1S/C33H38N2O4/c1-23(36)39-33-15-14-29(34(2)31(38)27-13-12-25-6-3-4-7-26(25)18-27)20-32(33,28-8-5-9-30(37)19-28)16-17-35(22-33)21-24-10-11-24/h3-9,12-13,18-19,24,29,37H,10-11,14-17,20-22H2,1-2H3/t29-,32-,33-/m0/s1. The topological polar surface area (TPSA) is 70.1 Å². The van der Waals surface area contributed by atoms with Crippen LogP contribution >= 0.6 is 0 Å². The summed E-state index contributed by atoms with van der Waals surface area (Å²) in [6.07, 6.45) is 5.46. The zero-order valence-electron chi connectivity index (χ0n) is 22.9. The number of phenols is 1. The maximum absolute atomic E-state index is 13.8. The number of aromatic hydroxyl groups is 1. The number of likely N-dealkylation sites (tertiary alicyclic amines) is 1. The van der Waals surface area contributed by atoms with Gasteiger partial charge in [0.2, 0.25) is 0 Å². The van der Waals surface area contributed by atoms with Crippen LogP contribution in [-0.4, -0.2) is 65.1 Å². The van der Waals surface area contributed by atoms with Crippen molar-refractivity contribution in [2.24, 2.45) is 5.92 Å². The summed E-state index contributed by atoms with van der Waals surface area (Å²) in [6, 6.07) is 21.4. The van der Waals surface area contributed by atoms with Crippen molar-refractivity contribution < 1.29 is 19.4 Å². The zero-order valence-corrected chi connectivity index (χ0v) is 22.9. The van der Waals surface area contributed by atoms with Crippen molar-refractivity contribution in [1.29, 1.82) is 0 Å². The molecule has 0 aromatic heterocycles. The highest BCUT2D eigenvalue weighted by Gasteiger charge is 2.61. The quantitative estimate of drug-likeness (QED) is 0.428. The smallest absolute Gasteiger partial charge is 0.303 e. The molecule has 1 N–H and O–H groups in total. The molecule has 204 valence electrons. The summed E-state index contributed by atoms with van der Waals surface area (Å²) in [5, 5.41) is 12.7. The maximum Gasteiger partial charge on any atom is 0.303 e. The van der Waals surface area contributed by atoms with Crippen molar-refractivity contribution in [2.45, 2.75) is 62.5 Å².